The minimum absolute atomic E-state index is 0.0551. The topological polar surface area (TPSA) is 183 Å². The SMILES string of the molecule is CS(=O)(=O)NC(=O)CCn1cc(C#N)c2c(N3CC4(C3)SCc3sc(N)c(C#N)c34)nc(OC[C@@]34CCCN3CC(F)C4)nc21. The lowest BCUT2D eigenvalue weighted by Gasteiger charge is -2.48. The molecular formula is C28H30FN9O4S3. The van der Waals surface area contributed by atoms with E-state index in [1.807, 2.05) is 9.62 Å². The fourth-order valence-corrected chi connectivity index (χ4v) is 10.6. The molecule has 3 aromatic heterocycles. The Hall–Kier alpha value is -3.64. The van der Waals surface area contributed by atoms with Crippen LogP contribution >= 0.6 is 23.1 Å². The van der Waals surface area contributed by atoms with E-state index in [-0.39, 0.29) is 30.3 Å². The van der Waals surface area contributed by atoms with Crippen LogP contribution in [0.5, 0.6) is 6.01 Å². The van der Waals surface area contributed by atoms with Crippen LogP contribution in [0.15, 0.2) is 6.20 Å². The van der Waals surface area contributed by atoms with E-state index in [4.69, 9.17) is 15.5 Å². The van der Waals surface area contributed by atoms with Gasteiger partial charge in [-0.2, -0.15) is 20.5 Å². The number of aryl methyl sites for hydroxylation is 1. The lowest BCUT2D eigenvalue weighted by Crippen LogP contribution is -2.57. The van der Waals surface area contributed by atoms with Crippen molar-refractivity contribution in [3.63, 3.8) is 0 Å². The molecule has 0 radical (unpaired) electrons. The van der Waals surface area contributed by atoms with Crippen LogP contribution in [0.4, 0.5) is 15.2 Å². The number of alkyl halides is 1. The standard InChI is InChI=1S/C28H30FN9O4S3/c1-45(40,41)35-20(39)3-6-36-10-16(8-30)21-24(36)33-26(42-15-27-4-2-5-38(27)11-17(29)7-27)34-25(21)37-13-28(14-37)22-18(9-31)23(32)44-19(22)12-43-28/h10,17H,2-7,11-15,32H2,1H3,(H,35,39)/t17?,27-/m0/s1. The number of nitrogens with one attached hydrogen (secondary N) is 1. The zero-order valence-electron chi connectivity index (χ0n) is 24.4. The first-order chi connectivity index (χ1) is 21.4. The number of hydrogen-bond acceptors (Lipinski definition) is 13. The Morgan fingerprint density at radius 2 is 2.11 bits per heavy atom. The first-order valence-electron chi connectivity index (χ1n) is 14.5. The van der Waals surface area contributed by atoms with Gasteiger partial charge in [-0.3, -0.25) is 14.4 Å². The Morgan fingerprint density at radius 3 is 2.84 bits per heavy atom. The first-order valence-corrected chi connectivity index (χ1v) is 18.2. The molecule has 1 spiro atoms. The molecule has 4 aliphatic heterocycles. The Kier molecular flexibility index (Phi) is 7.16. The van der Waals surface area contributed by atoms with Gasteiger partial charge < -0.3 is 19.9 Å². The second-order valence-electron chi connectivity index (χ2n) is 12.2. The highest BCUT2D eigenvalue weighted by atomic mass is 32.2. The Bertz CT molecular complexity index is 1920. The summed E-state index contributed by atoms with van der Waals surface area (Å²) in [7, 11) is -3.73. The Morgan fingerprint density at radius 1 is 1.31 bits per heavy atom. The number of hydrogen-bond donors (Lipinski definition) is 2. The van der Waals surface area contributed by atoms with Crippen molar-refractivity contribution < 1.29 is 22.3 Å². The van der Waals surface area contributed by atoms with Gasteiger partial charge in [0.1, 0.15) is 35.7 Å². The van der Waals surface area contributed by atoms with E-state index in [2.05, 4.69) is 22.0 Å². The van der Waals surface area contributed by atoms with Crippen molar-refractivity contribution in [3.05, 3.63) is 27.8 Å². The predicted molar refractivity (Wildman–Crippen MR) is 167 cm³/mol. The zero-order chi connectivity index (χ0) is 31.7. The van der Waals surface area contributed by atoms with Crippen molar-refractivity contribution >= 4 is 60.9 Å². The van der Waals surface area contributed by atoms with Gasteiger partial charge in [0, 0.05) is 61.4 Å². The van der Waals surface area contributed by atoms with Gasteiger partial charge in [-0.15, -0.1) is 23.1 Å². The molecule has 0 saturated carbocycles. The van der Waals surface area contributed by atoms with Crippen molar-refractivity contribution in [2.45, 2.75) is 54.4 Å². The predicted octanol–water partition coefficient (Wildman–Crippen LogP) is 2.20. The molecule has 7 rings (SSSR count). The largest absolute Gasteiger partial charge is 0.461 e. The lowest BCUT2D eigenvalue weighted by atomic mass is 9.88. The minimum atomic E-state index is -3.73. The van der Waals surface area contributed by atoms with Crippen molar-refractivity contribution in [2.24, 2.45) is 0 Å². The summed E-state index contributed by atoms with van der Waals surface area (Å²) in [5.74, 6) is 0.563. The monoisotopic (exact) mass is 671 g/mol. The fourth-order valence-electron chi connectivity index (χ4n) is 7.26. The second kappa shape index (κ2) is 10.7. The number of amides is 1. The summed E-state index contributed by atoms with van der Waals surface area (Å²) in [6, 6.07) is 4.56. The maximum atomic E-state index is 14.4. The third kappa shape index (κ3) is 5.06. The van der Waals surface area contributed by atoms with Crippen LogP contribution in [-0.4, -0.2) is 84.5 Å². The molecule has 1 unspecified atom stereocenters. The van der Waals surface area contributed by atoms with E-state index >= 15 is 0 Å². The number of nitrogens with two attached hydrogens (primary N) is 1. The van der Waals surface area contributed by atoms with Crippen LogP contribution in [0, 0.1) is 22.7 Å². The van der Waals surface area contributed by atoms with Crippen LogP contribution in [0.25, 0.3) is 11.0 Å². The first kappa shape index (κ1) is 30.0. The number of carbonyl (C=O) groups is 1. The van der Waals surface area contributed by atoms with E-state index in [0.717, 1.165) is 41.8 Å². The molecule has 236 valence electrons. The van der Waals surface area contributed by atoms with E-state index < -0.39 is 27.6 Å². The van der Waals surface area contributed by atoms with Crippen LogP contribution in [-0.2, 0) is 31.9 Å². The number of thioether (sulfide) groups is 1. The lowest BCUT2D eigenvalue weighted by molar-refractivity contribution is -0.119. The van der Waals surface area contributed by atoms with Crippen molar-refractivity contribution in [2.75, 3.05) is 49.7 Å². The molecule has 0 bridgehead atoms. The Balaban J connectivity index is 1.24. The number of anilines is 2. The Labute approximate surface area is 267 Å². The summed E-state index contributed by atoms with van der Waals surface area (Å²) in [5.41, 5.74) is 7.91. The van der Waals surface area contributed by atoms with E-state index in [9.17, 15) is 28.1 Å². The van der Waals surface area contributed by atoms with Gasteiger partial charge in [-0.1, -0.05) is 0 Å². The summed E-state index contributed by atoms with van der Waals surface area (Å²) in [6.07, 6.45) is 3.54. The summed E-state index contributed by atoms with van der Waals surface area (Å²) < 4.78 is 47.0. The number of fused-ring (bicyclic) bond motifs is 4. The quantitative estimate of drug-likeness (QED) is 0.357. The number of sulfonamides is 1. The van der Waals surface area contributed by atoms with Crippen LogP contribution in [0.3, 0.4) is 0 Å². The molecule has 1 amide bonds. The number of nitrogens with zero attached hydrogens (tertiary/aromatic N) is 7. The molecule has 45 heavy (non-hydrogen) atoms. The minimum Gasteiger partial charge on any atom is -0.461 e. The van der Waals surface area contributed by atoms with Gasteiger partial charge in [0.05, 0.1) is 33.1 Å². The fraction of sp³-hybridized carbons (Fsp3) is 0.536. The van der Waals surface area contributed by atoms with Crippen LogP contribution < -0.4 is 20.1 Å². The van der Waals surface area contributed by atoms with Crippen molar-refractivity contribution in [3.8, 4) is 18.1 Å². The van der Waals surface area contributed by atoms with Gasteiger partial charge in [0.25, 0.3) is 0 Å². The number of halogens is 1. The summed E-state index contributed by atoms with van der Waals surface area (Å²) >= 11 is 3.21. The molecule has 0 aromatic carbocycles. The highest BCUT2D eigenvalue weighted by Crippen LogP contribution is 2.58. The van der Waals surface area contributed by atoms with Gasteiger partial charge in [-0.05, 0) is 19.4 Å². The molecule has 2 atom stereocenters. The number of thiophene rings is 1. The highest BCUT2D eigenvalue weighted by molar-refractivity contribution is 8.00. The van der Waals surface area contributed by atoms with Crippen LogP contribution in [0.2, 0.25) is 0 Å². The molecular weight excluding hydrogens is 642 g/mol. The molecule has 3 aromatic rings. The average Bonchev–Trinajstić information content (AvgIpc) is 3.73. The van der Waals surface area contributed by atoms with E-state index in [1.54, 1.807) is 22.5 Å². The number of rotatable bonds is 8. The second-order valence-corrected chi connectivity index (χ2v) is 16.4. The number of aromatic nitrogens is 3. The molecule has 3 fully saturated rings. The smallest absolute Gasteiger partial charge is 0.320 e. The molecule has 3 saturated heterocycles. The van der Waals surface area contributed by atoms with Gasteiger partial charge in [-0.25, -0.2) is 12.8 Å². The van der Waals surface area contributed by atoms with Gasteiger partial charge in [0.2, 0.25) is 15.9 Å². The maximum absolute atomic E-state index is 14.4. The average molecular weight is 672 g/mol. The number of ether oxygens (including phenoxy) is 1. The maximum Gasteiger partial charge on any atom is 0.320 e. The number of nitriles is 2. The van der Waals surface area contributed by atoms with Crippen LogP contribution in [0.1, 0.15) is 47.3 Å². The number of nitrogen functional groups attached to an aromatic ring is 1. The summed E-state index contributed by atoms with van der Waals surface area (Å²) in [6.45, 7) is 2.51. The number of carbonyl (C=O) groups excluding carboxylic acids is 1. The zero-order valence-corrected chi connectivity index (χ0v) is 26.8. The molecule has 0 aliphatic carbocycles. The normalized spacial score (nSPS) is 23.5. The third-order valence-electron chi connectivity index (χ3n) is 9.15. The molecule has 3 N–H and O–H groups in total. The van der Waals surface area contributed by atoms with Crippen molar-refractivity contribution in [1.82, 2.24) is 24.2 Å². The molecule has 7 heterocycles. The summed E-state index contributed by atoms with van der Waals surface area (Å²) in [4.78, 5) is 27.1. The van der Waals surface area contributed by atoms with Crippen molar-refractivity contribution in [1.29, 1.82) is 10.5 Å². The molecule has 17 heteroatoms. The summed E-state index contributed by atoms with van der Waals surface area (Å²) in [5, 5.41) is 20.9. The van der Waals surface area contributed by atoms with Gasteiger partial charge >= 0.3 is 6.01 Å². The van der Waals surface area contributed by atoms with Gasteiger partial charge in [0.15, 0.2) is 5.65 Å². The molecule has 13 nitrogen and oxygen atoms in total. The third-order valence-corrected chi connectivity index (χ3v) is 12.4. The molecule has 4 aliphatic rings. The highest BCUT2D eigenvalue weighted by Gasteiger charge is 2.53. The van der Waals surface area contributed by atoms with E-state index in [0.29, 0.717) is 59.0 Å². The van der Waals surface area contributed by atoms with E-state index in [1.165, 1.54) is 11.3 Å².